The van der Waals surface area contributed by atoms with E-state index in [4.69, 9.17) is 5.11 Å². The molecule has 0 saturated heterocycles. The maximum absolute atomic E-state index is 13.0. The van der Waals surface area contributed by atoms with E-state index >= 15 is 0 Å². The number of aryl methyl sites for hydroxylation is 1. The van der Waals surface area contributed by atoms with Gasteiger partial charge in [-0.25, -0.2) is 9.78 Å². The number of carbonyl (C=O) groups excluding carboxylic acids is 1. The molecular weight excluding hydrogens is 406 g/mol. The number of aromatic nitrogens is 1. The van der Waals surface area contributed by atoms with Crippen molar-refractivity contribution in [3.63, 3.8) is 0 Å². The van der Waals surface area contributed by atoms with Crippen LogP contribution in [0.1, 0.15) is 43.2 Å². The number of hydrogen-bond donors (Lipinski definition) is 2. The fraction of sp³-hybridized carbons (Fsp3) is 0.476. The summed E-state index contributed by atoms with van der Waals surface area (Å²) < 4.78 is 0.784. The van der Waals surface area contributed by atoms with E-state index in [9.17, 15) is 9.59 Å². The first-order valence-electron chi connectivity index (χ1n) is 9.95. The predicted molar refractivity (Wildman–Crippen MR) is 118 cm³/mol. The van der Waals surface area contributed by atoms with Gasteiger partial charge in [-0.3, -0.25) is 10.1 Å². The topological polar surface area (TPSA) is 82.5 Å². The molecule has 1 heterocycles. The molecule has 6 nitrogen and oxygen atoms in total. The van der Waals surface area contributed by atoms with Crippen LogP contribution in [0.25, 0.3) is 0 Å². The Labute approximate surface area is 179 Å². The fourth-order valence-electron chi connectivity index (χ4n) is 3.53. The van der Waals surface area contributed by atoms with E-state index in [1.165, 1.54) is 40.6 Å². The normalized spacial score (nSPS) is 14.5. The molecule has 3 rings (SSSR count). The van der Waals surface area contributed by atoms with Crippen LogP contribution in [0.2, 0.25) is 0 Å². The van der Waals surface area contributed by atoms with Crippen molar-refractivity contribution in [2.75, 3.05) is 17.6 Å². The highest BCUT2D eigenvalue weighted by molar-refractivity contribution is 8.01. The van der Waals surface area contributed by atoms with Crippen LogP contribution in [0.5, 0.6) is 0 Å². The third kappa shape index (κ3) is 6.75. The van der Waals surface area contributed by atoms with E-state index in [0.717, 1.165) is 36.3 Å². The lowest BCUT2D eigenvalue weighted by atomic mass is 9.94. The van der Waals surface area contributed by atoms with Crippen molar-refractivity contribution in [2.24, 2.45) is 0 Å². The largest absolute Gasteiger partial charge is 0.481 e. The van der Waals surface area contributed by atoms with Crippen LogP contribution >= 0.6 is 23.1 Å². The molecule has 2 N–H and O–H groups in total. The van der Waals surface area contributed by atoms with Crippen molar-refractivity contribution in [3.8, 4) is 0 Å². The van der Waals surface area contributed by atoms with E-state index in [2.05, 4.69) is 41.5 Å². The SMILES string of the molecule is Cc1ccc(CCN(C(=O)Nc2ncc(SCC(=O)O)s2)C2CCCCC2)cc1. The highest BCUT2D eigenvalue weighted by Crippen LogP contribution is 2.29. The van der Waals surface area contributed by atoms with Crippen molar-refractivity contribution in [1.82, 2.24) is 9.88 Å². The summed E-state index contributed by atoms with van der Waals surface area (Å²) in [5, 5.41) is 12.2. The van der Waals surface area contributed by atoms with Gasteiger partial charge in [0.15, 0.2) is 5.13 Å². The van der Waals surface area contributed by atoms with E-state index in [-0.39, 0.29) is 17.8 Å². The minimum absolute atomic E-state index is 0.0136. The summed E-state index contributed by atoms with van der Waals surface area (Å²) in [6.07, 6.45) is 8.07. The second kappa shape index (κ2) is 10.6. The number of rotatable bonds is 8. The summed E-state index contributed by atoms with van der Waals surface area (Å²) in [5.41, 5.74) is 2.46. The first-order chi connectivity index (χ1) is 14.0. The van der Waals surface area contributed by atoms with Crippen molar-refractivity contribution < 1.29 is 14.7 Å². The minimum Gasteiger partial charge on any atom is -0.481 e. The molecular formula is C21H27N3O3S2. The van der Waals surface area contributed by atoms with Crippen LogP contribution < -0.4 is 5.32 Å². The second-order valence-corrected chi connectivity index (χ2v) is 9.62. The zero-order valence-corrected chi connectivity index (χ0v) is 18.2. The quantitative estimate of drug-likeness (QED) is 0.570. The van der Waals surface area contributed by atoms with Crippen molar-refractivity contribution >= 4 is 40.2 Å². The molecule has 2 amide bonds. The highest BCUT2D eigenvalue weighted by atomic mass is 32.2. The lowest BCUT2D eigenvalue weighted by Crippen LogP contribution is -2.45. The Morgan fingerprint density at radius 2 is 1.97 bits per heavy atom. The molecule has 156 valence electrons. The van der Waals surface area contributed by atoms with Crippen LogP contribution in [-0.4, -0.2) is 45.3 Å². The minimum atomic E-state index is -0.867. The van der Waals surface area contributed by atoms with Gasteiger partial charge >= 0.3 is 12.0 Å². The number of aliphatic carboxylic acids is 1. The molecule has 29 heavy (non-hydrogen) atoms. The van der Waals surface area contributed by atoms with E-state index in [0.29, 0.717) is 11.7 Å². The Kier molecular flexibility index (Phi) is 7.94. The molecule has 0 atom stereocenters. The number of anilines is 1. The molecule has 8 heteroatoms. The van der Waals surface area contributed by atoms with Gasteiger partial charge in [-0.15, -0.1) is 11.8 Å². The molecule has 1 aromatic carbocycles. The summed E-state index contributed by atoms with van der Waals surface area (Å²) in [4.78, 5) is 30.0. The van der Waals surface area contributed by atoms with Gasteiger partial charge in [-0.05, 0) is 31.7 Å². The van der Waals surface area contributed by atoms with Crippen molar-refractivity contribution in [2.45, 2.75) is 55.7 Å². The number of carboxylic acid groups (broad SMARTS) is 1. The van der Waals surface area contributed by atoms with E-state index < -0.39 is 5.97 Å². The maximum Gasteiger partial charge on any atom is 0.323 e. The Balaban J connectivity index is 1.63. The summed E-state index contributed by atoms with van der Waals surface area (Å²) >= 11 is 2.53. The zero-order valence-electron chi connectivity index (χ0n) is 16.6. The van der Waals surface area contributed by atoms with Gasteiger partial charge in [0.25, 0.3) is 0 Å². The lowest BCUT2D eigenvalue weighted by Gasteiger charge is -2.34. The molecule has 2 aromatic rings. The van der Waals surface area contributed by atoms with E-state index in [1.807, 2.05) is 4.90 Å². The smallest absolute Gasteiger partial charge is 0.323 e. The van der Waals surface area contributed by atoms with Crippen LogP contribution in [0.3, 0.4) is 0 Å². The van der Waals surface area contributed by atoms with Crippen LogP contribution in [-0.2, 0) is 11.2 Å². The summed E-state index contributed by atoms with van der Waals surface area (Å²) in [6, 6.07) is 8.60. The summed E-state index contributed by atoms with van der Waals surface area (Å²) in [7, 11) is 0. The maximum atomic E-state index is 13.0. The van der Waals surface area contributed by atoms with Crippen LogP contribution in [0.4, 0.5) is 9.93 Å². The molecule has 0 radical (unpaired) electrons. The second-order valence-electron chi connectivity index (χ2n) is 7.32. The average molecular weight is 434 g/mol. The first kappa shape index (κ1) is 21.6. The standard InChI is InChI=1S/C21H27N3O3S2/c1-15-7-9-16(10-8-15)11-12-24(17-5-3-2-4-6-17)21(27)23-20-22-13-19(29-20)28-14-18(25)26/h7-10,13,17H,2-6,11-12,14H2,1H3,(H,25,26)(H,22,23,27). The molecule has 1 aliphatic carbocycles. The Hall–Kier alpha value is -2.06. The molecule has 0 aliphatic heterocycles. The number of benzene rings is 1. The van der Waals surface area contributed by atoms with Crippen LogP contribution in [0, 0.1) is 6.92 Å². The van der Waals surface area contributed by atoms with Gasteiger partial charge in [-0.1, -0.05) is 60.4 Å². The molecule has 0 spiro atoms. The summed E-state index contributed by atoms with van der Waals surface area (Å²) in [5.74, 6) is -0.881. The average Bonchev–Trinajstić information content (AvgIpc) is 3.16. The molecule has 0 bridgehead atoms. The zero-order chi connectivity index (χ0) is 20.6. The number of hydrogen-bond acceptors (Lipinski definition) is 5. The Bertz CT molecular complexity index is 817. The third-order valence-corrected chi connectivity index (χ3v) is 7.17. The van der Waals surface area contributed by atoms with Gasteiger partial charge in [0, 0.05) is 12.6 Å². The molecule has 1 aromatic heterocycles. The molecule has 1 aliphatic rings. The summed E-state index contributed by atoms with van der Waals surface area (Å²) in [6.45, 7) is 2.74. The predicted octanol–water partition coefficient (Wildman–Crippen LogP) is 5.04. The monoisotopic (exact) mass is 433 g/mol. The number of amides is 2. The lowest BCUT2D eigenvalue weighted by molar-refractivity contribution is -0.133. The number of nitrogens with zero attached hydrogens (tertiary/aromatic N) is 2. The van der Waals surface area contributed by atoms with Gasteiger partial charge in [0.2, 0.25) is 0 Å². The van der Waals surface area contributed by atoms with E-state index in [1.54, 1.807) is 6.20 Å². The first-order valence-corrected chi connectivity index (χ1v) is 11.7. The molecule has 1 fully saturated rings. The van der Waals surface area contributed by atoms with Gasteiger partial charge < -0.3 is 10.0 Å². The Morgan fingerprint density at radius 3 is 2.66 bits per heavy atom. The number of thioether (sulfide) groups is 1. The fourth-order valence-corrected chi connectivity index (χ4v) is 5.11. The number of carbonyl (C=O) groups is 2. The number of carboxylic acids is 1. The van der Waals surface area contributed by atoms with Crippen molar-refractivity contribution in [1.29, 1.82) is 0 Å². The Morgan fingerprint density at radius 1 is 1.24 bits per heavy atom. The third-order valence-electron chi connectivity index (χ3n) is 5.07. The van der Waals surface area contributed by atoms with Gasteiger partial charge in [-0.2, -0.15) is 0 Å². The van der Waals surface area contributed by atoms with Gasteiger partial charge in [0.1, 0.15) is 0 Å². The highest BCUT2D eigenvalue weighted by Gasteiger charge is 2.26. The number of thiazole rings is 1. The van der Waals surface area contributed by atoms with Crippen LogP contribution in [0.15, 0.2) is 34.7 Å². The molecule has 1 saturated carbocycles. The number of urea groups is 1. The van der Waals surface area contributed by atoms with Crippen molar-refractivity contribution in [3.05, 3.63) is 41.6 Å². The number of nitrogens with one attached hydrogen (secondary N) is 1. The molecule has 0 unspecified atom stereocenters. The van der Waals surface area contributed by atoms with Gasteiger partial charge in [0.05, 0.1) is 16.2 Å².